The highest BCUT2D eigenvalue weighted by Crippen LogP contribution is 2.14. The minimum atomic E-state index is -0.469. The number of hydrogen-bond donors (Lipinski definition) is 3. The molecule has 1 heterocycles. The first kappa shape index (κ1) is 27.1. The van der Waals surface area contributed by atoms with Crippen molar-refractivity contribution in [3.63, 3.8) is 0 Å². The van der Waals surface area contributed by atoms with Crippen molar-refractivity contribution in [3.05, 3.63) is 35.4 Å². The van der Waals surface area contributed by atoms with Crippen LogP contribution in [0.4, 0.5) is 0 Å². The van der Waals surface area contributed by atoms with Gasteiger partial charge in [0, 0.05) is 37.1 Å². The molecule has 2 rings (SSSR count). The van der Waals surface area contributed by atoms with Gasteiger partial charge in [-0.15, -0.1) is 0 Å². The van der Waals surface area contributed by atoms with E-state index >= 15 is 0 Å². The maximum absolute atomic E-state index is 12.2. The topological polar surface area (TPSA) is 150 Å². The standard InChI is InChI=1S/C14H18N2O2.C10H20N2O2/c15-13(17)11-5-7-12(8-6-11)14(18)16-9-3-1-2-4-10-16;11-9(13)7-5-3-1-2-4-6-8-10(12)14/h5-8H,1-4,9-10H2,(H2,15,17);1-8H2,(H2,11,13)(H2,12,14). The molecule has 8 heteroatoms. The van der Waals surface area contributed by atoms with Crippen molar-refractivity contribution in [2.75, 3.05) is 13.1 Å². The molecule has 1 aromatic rings. The van der Waals surface area contributed by atoms with Crippen LogP contribution < -0.4 is 17.2 Å². The minimum absolute atomic E-state index is 0.0490. The molecule has 0 aromatic heterocycles. The van der Waals surface area contributed by atoms with Gasteiger partial charge in [-0.25, -0.2) is 0 Å². The van der Waals surface area contributed by atoms with E-state index in [1.54, 1.807) is 24.3 Å². The van der Waals surface area contributed by atoms with Gasteiger partial charge in [0.25, 0.3) is 5.91 Å². The molecule has 1 aliphatic heterocycles. The number of hydrogen-bond acceptors (Lipinski definition) is 4. The molecule has 1 saturated heterocycles. The average molecular weight is 447 g/mol. The van der Waals surface area contributed by atoms with E-state index in [-0.39, 0.29) is 17.7 Å². The van der Waals surface area contributed by atoms with Crippen molar-refractivity contribution in [3.8, 4) is 0 Å². The lowest BCUT2D eigenvalue weighted by molar-refractivity contribution is -0.119. The van der Waals surface area contributed by atoms with Crippen molar-refractivity contribution >= 4 is 23.6 Å². The molecular formula is C24H38N4O4. The Labute approximate surface area is 190 Å². The smallest absolute Gasteiger partial charge is 0.253 e. The van der Waals surface area contributed by atoms with Crippen LogP contribution in [0, 0.1) is 0 Å². The Morgan fingerprint density at radius 2 is 1.03 bits per heavy atom. The molecule has 0 atom stereocenters. The van der Waals surface area contributed by atoms with Crippen molar-refractivity contribution in [1.82, 2.24) is 4.90 Å². The van der Waals surface area contributed by atoms with Crippen LogP contribution in [-0.2, 0) is 9.59 Å². The lowest BCUT2D eigenvalue weighted by Crippen LogP contribution is -2.31. The van der Waals surface area contributed by atoms with Gasteiger partial charge in [-0.05, 0) is 49.9 Å². The summed E-state index contributed by atoms with van der Waals surface area (Å²) in [7, 11) is 0. The van der Waals surface area contributed by atoms with Crippen molar-refractivity contribution in [2.45, 2.75) is 77.0 Å². The average Bonchev–Trinajstić information content (AvgIpc) is 3.05. The molecule has 178 valence electrons. The summed E-state index contributed by atoms with van der Waals surface area (Å²) in [6, 6.07) is 6.56. The van der Waals surface area contributed by atoms with Crippen LogP contribution in [0.25, 0.3) is 0 Å². The van der Waals surface area contributed by atoms with Crippen LogP contribution in [0.15, 0.2) is 24.3 Å². The SMILES string of the molecule is NC(=O)CCCCCCCCC(N)=O.NC(=O)c1ccc(C(=O)N2CCCCCC2)cc1. The van der Waals surface area contributed by atoms with E-state index in [4.69, 9.17) is 17.2 Å². The van der Waals surface area contributed by atoms with E-state index in [9.17, 15) is 19.2 Å². The fraction of sp³-hybridized carbons (Fsp3) is 0.583. The lowest BCUT2D eigenvalue weighted by atomic mass is 10.1. The van der Waals surface area contributed by atoms with E-state index in [1.165, 1.54) is 12.8 Å². The van der Waals surface area contributed by atoms with Gasteiger partial charge < -0.3 is 22.1 Å². The summed E-state index contributed by atoms with van der Waals surface area (Å²) in [5.41, 5.74) is 16.2. The predicted molar refractivity (Wildman–Crippen MR) is 125 cm³/mol. The van der Waals surface area contributed by atoms with Gasteiger partial charge >= 0.3 is 0 Å². The number of carbonyl (C=O) groups excluding carboxylic acids is 4. The van der Waals surface area contributed by atoms with Gasteiger partial charge in [-0.3, -0.25) is 19.2 Å². The molecule has 8 nitrogen and oxygen atoms in total. The molecule has 0 radical (unpaired) electrons. The van der Waals surface area contributed by atoms with Crippen molar-refractivity contribution in [1.29, 1.82) is 0 Å². The Kier molecular flexibility index (Phi) is 13.4. The third-order valence-electron chi connectivity index (χ3n) is 5.41. The van der Waals surface area contributed by atoms with E-state index in [2.05, 4.69) is 0 Å². The molecule has 0 spiro atoms. The Balaban J connectivity index is 0.000000333. The number of unbranched alkanes of at least 4 members (excludes halogenated alkanes) is 5. The second kappa shape index (κ2) is 15.8. The lowest BCUT2D eigenvalue weighted by Gasteiger charge is -2.20. The first-order chi connectivity index (χ1) is 15.3. The summed E-state index contributed by atoms with van der Waals surface area (Å²) in [4.78, 5) is 45.9. The molecular weight excluding hydrogens is 408 g/mol. The Bertz CT molecular complexity index is 706. The monoisotopic (exact) mass is 446 g/mol. The van der Waals surface area contributed by atoms with Gasteiger partial charge in [0.05, 0.1) is 0 Å². The number of primary amides is 3. The largest absolute Gasteiger partial charge is 0.370 e. The number of nitrogens with two attached hydrogens (primary N) is 3. The molecule has 6 N–H and O–H groups in total. The number of benzene rings is 1. The van der Waals surface area contributed by atoms with Crippen molar-refractivity contribution < 1.29 is 19.2 Å². The van der Waals surface area contributed by atoms with Crippen LogP contribution in [0.5, 0.6) is 0 Å². The zero-order chi connectivity index (χ0) is 23.8. The zero-order valence-corrected chi connectivity index (χ0v) is 19.0. The van der Waals surface area contributed by atoms with Gasteiger partial charge in [0.1, 0.15) is 0 Å². The third-order valence-corrected chi connectivity index (χ3v) is 5.41. The van der Waals surface area contributed by atoms with Crippen LogP contribution in [0.1, 0.15) is 97.8 Å². The fourth-order valence-electron chi connectivity index (χ4n) is 3.54. The molecule has 4 amide bonds. The number of amides is 4. The van der Waals surface area contributed by atoms with Gasteiger partial charge in [-0.2, -0.15) is 0 Å². The number of carbonyl (C=O) groups is 4. The summed E-state index contributed by atoms with van der Waals surface area (Å²) < 4.78 is 0. The molecule has 1 fully saturated rings. The number of likely N-dealkylation sites (tertiary alicyclic amines) is 1. The molecule has 32 heavy (non-hydrogen) atoms. The van der Waals surface area contributed by atoms with Gasteiger partial charge in [0.15, 0.2) is 0 Å². The molecule has 1 aromatic carbocycles. The maximum atomic E-state index is 12.2. The summed E-state index contributed by atoms with van der Waals surface area (Å²) in [5, 5.41) is 0. The fourth-order valence-corrected chi connectivity index (χ4v) is 3.54. The quantitative estimate of drug-likeness (QED) is 0.448. The Hall–Kier alpha value is -2.90. The van der Waals surface area contributed by atoms with E-state index < -0.39 is 5.91 Å². The van der Waals surface area contributed by atoms with Gasteiger partial charge in [-0.1, -0.05) is 38.5 Å². The van der Waals surface area contributed by atoms with Crippen molar-refractivity contribution in [2.24, 2.45) is 17.2 Å². The normalized spacial score (nSPS) is 13.4. The van der Waals surface area contributed by atoms with E-state index in [0.29, 0.717) is 24.0 Å². The van der Waals surface area contributed by atoms with Crippen LogP contribution in [0.2, 0.25) is 0 Å². The first-order valence-electron chi connectivity index (χ1n) is 11.6. The van der Waals surface area contributed by atoms with E-state index in [0.717, 1.165) is 64.5 Å². The third kappa shape index (κ3) is 12.1. The molecule has 1 aliphatic rings. The molecule has 0 aliphatic carbocycles. The van der Waals surface area contributed by atoms with E-state index in [1.807, 2.05) is 4.90 Å². The summed E-state index contributed by atoms with van der Waals surface area (Å²) in [5.74, 6) is -0.867. The number of rotatable bonds is 11. The Morgan fingerprint density at radius 1 is 0.625 bits per heavy atom. The zero-order valence-electron chi connectivity index (χ0n) is 19.0. The second-order valence-electron chi connectivity index (χ2n) is 8.20. The molecule has 0 unspecified atom stereocenters. The minimum Gasteiger partial charge on any atom is -0.370 e. The highest BCUT2D eigenvalue weighted by molar-refractivity contribution is 5.97. The second-order valence-corrected chi connectivity index (χ2v) is 8.20. The Morgan fingerprint density at radius 3 is 1.44 bits per heavy atom. The van der Waals surface area contributed by atoms with Crippen LogP contribution in [0.3, 0.4) is 0 Å². The maximum Gasteiger partial charge on any atom is 0.253 e. The van der Waals surface area contributed by atoms with Gasteiger partial charge in [0.2, 0.25) is 17.7 Å². The van der Waals surface area contributed by atoms with Crippen LogP contribution in [-0.4, -0.2) is 41.6 Å². The highest BCUT2D eigenvalue weighted by atomic mass is 16.2. The van der Waals surface area contributed by atoms with Crippen LogP contribution >= 0.6 is 0 Å². The first-order valence-corrected chi connectivity index (χ1v) is 11.6. The molecule has 0 bridgehead atoms. The molecule has 0 saturated carbocycles. The summed E-state index contributed by atoms with van der Waals surface area (Å²) in [6.45, 7) is 1.66. The number of nitrogens with zero attached hydrogens (tertiary/aromatic N) is 1. The highest BCUT2D eigenvalue weighted by Gasteiger charge is 2.17. The summed E-state index contributed by atoms with van der Waals surface area (Å²) in [6.07, 6.45) is 11.6. The summed E-state index contributed by atoms with van der Waals surface area (Å²) >= 11 is 0. The predicted octanol–water partition coefficient (Wildman–Crippen LogP) is 2.88.